The topological polar surface area (TPSA) is 52.7 Å². The molecule has 1 saturated heterocycles. The van der Waals surface area contributed by atoms with Crippen LogP contribution in [0.2, 0.25) is 0 Å². The summed E-state index contributed by atoms with van der Waals surface area (Å²) < 4.78 is 0. The van der Waals surface area contributed by atoms with E-state index < -0.39 is 0 Å². The van der Waals surface area contributed by atoms with Crippen LogP contribution < -0.4 is 10.6 Å². The first kappa shape index (κ1) is 8.72. The van der Waals surface area contributed by atoms with Crippen molar-refractivity contribution in [3.05, 3.63) is 18.2 Å². The normalized spacial score (nSPS) is 22.3. The summed E-state index contributed by atoms with van der Waals surface area (Å²) in [7, 11) is 0. The van der Waals surface area contributed by atoms with Crippen molar-refractivity contribution in [1.82, 2.24) is 20.6 Å². The summed E-state index contributed by atoms with van der Waals surface area (Å²) in [5.74, 6) is 1.01. The highest BCUT2D eigenvalue weighted by atomic mass is 15.0. The molecule has 2 heterocycles. The van der Waals surface area contributed by atoms with Crippen LogP contribution in [0.3, 0.4) is 0 Å². The molecule has 1 fully saturated rings. The van der Waals surface area contributed by atoms with Crippen LogP contribution >= 0.6 is 0 Å². The Kier molecular flexibility index (Phi) is 2.94. The number of nitrogens with zero attached hydrogens (tertiary/aromatic N) is 1. The van der Waals surface area contributed by atoms with Crippen LogP contribution in [0.5, 0.6) is 0 Å². The van der Waals surface area contributed by atoms with Crippen LogP contribution in [0.1, 0.15) is 18.7 Å². The van der Waals surface area contributed by atoms with Crippen LogP contribution in [-0.2, 0) is 6.54 Å². The third kappa shape index (κ3) is 2.54. The van der Waals surface area contributed by atoms with Gasteiger partial charge in [-0.15, -0.1) is 0 Å². The van der Waals surface area contributed by atoms with Crippen LogP contribution in [0.15, 0.2) is 12.4 Å². The third-order valence-electron chi connectivity index (χ3n) is 2.40. The van der Waals surface area contributed by atoms with E-state index in [0.29, 0.717) is 6.04 Å². The molecule has 0 saturated carbocycles. The average molecular weight is 180 g/mol. The second kappa shape index (κ2) is 4.39. The van der Waals surface area contributed by atoms with Gasteiger partial charge in [-0.3, -0.25) is 0 Å². The molecule has 0 aromatic carbocycles. The van der Waals surface area contributed by atoms with E-state index in [1.54, 1.807) is 6.20 Å². The van der Waals surface area contributed by atoms with Crippen molar-refractivity contribution < 1.29 is 0 Å². The molecular formula is C9H16N4. The maximum Gasteiger partial charge on any atom is 0.120 e. The molecule has 3 N–H and O–H groups in total. The molecule has 1 aromatic heterocycles. The first-order chi connectivity index (χ1) is 6.45. The number of hydrogen-bond acceptors (Lipinski definition) is 3. The van der Waals surface area contributed by atoms with Crippen molar-refractivity contribution in [2.24, 2.45) is 0 Å². The van der Waals surface area contributed by atoms with Gasteiger partial charge in [0.15, 0.2) is 0 Å². The monoisotopic (exact) mass is 180 g/mol. The Morgan fingerprint density at radius 3 is 3.31 bits per heavy atom. The molecule has 0 aliphatic carbocycles. The third-order valence-corrected chi connectivity index (χ3v) is 2.40. The van der Waals surface area contributed by atoms with Gasteiger partial charge in [-0.1, -0.05) is 0 Å². The van der Waals surface area contributed by atoms with E-state index in [4.69, 9.17) is 0 Å². The second-order valence-corrected chi connectivity index (χ2v) is 3.46. The SMILES string of the molecule is c1c[nH]c(CNCC2CCCN2)n1. The first-order valence-electron chi connectivity index (χ1n) is 4.87. The highest BCUT2D eigenvalue weighted by Gasteiger charge is 2.12. The van der Waals surface area contributed by atoms with Gasteiger partial charge in [-0.2, -0.15) is 0 Å². The maximum absolute atomic E-state index is 4.14. The number of imidazole rings is 1. The molecule has 1 aromatic rings. The molecule has 1 atom stereocenters. The van der Waals surface area contributed by atoms with E-state index in [1.165, 1.54) is 19.4 Å². The van der Waals surface area contributed by atoms with Crippen molar-refractivity contribution in [2.45, 2.75) is 25.4 Å². The maximum atomic E-state index is 4.14. The molecule has 1 aliphatic heterocycles. The summed E-state index contributed by atoms with van der Waals surface area (Å²) in [5.41, 5.74) is 0. The van der Waals surface area contributed by atoms with Crippen molar-refractivity contribution in [3.8, 4) is 0 Å². The quantitative estimate of drug-likeness (QED) is 0.622. The number of rotatable bonds is 4. The minimum atomic E-state index is 0.662. The van der Waals surface area contributed by atoms with E-state index in [2.05, 4.69) is 20.6 Å². The standard InChI is InChI=1S/C9H16N4/c1-2-8(11-3-1)6-10-7-9-12-4-5-13-9/h4-5,8,10-11H,1-3,6-7H2,(H,12,13). The van der Waals surface area contributed by atoms with Crippen molar-refractivity contribution in [3.63, 3.8) is 0 Å². The zero-order chi connectivity index (χ0) is 8.93. The Morgan fingerprint density at radius 1 is 1.62 bits per heavy atom. The fraction of sp³-hybridized carbons (Fsp3) is 0.667. The fourth-order valence-electron chi connectivity index (χ4n) is 1.69. The largest absolute Gasteiger partial charge is 0.348 e. The molecule has 1 aliphatic rings. The highest BCUT2D eigenvalue weighted by Crippen LogP contribution is 2.03. The van der Waals surface area contributed by atoms with E-state index in [-0.39, 0.29) is 0 Å². The predicted octanol–water partition coefficient (Wildman–Crippen LogP) is 0.251. The zero-order valence-corrected chi connectivity index (χ0v) is 7.71. The molecule has 1 unspecified atom stereocenters. The predicted molar refractivity (Wildman–Crippen MR) is 51.3 cm³/mol. The Labute approximate surface area is 78.1 Å². The summed E-state index contributed by atoms with van der Waals surface area (Å²) in [4.78, 5) is 7.21. The van der Waals surface area contributed by atoms with Gasteiger partial charge in [-0.25, -0.2) is 4.98 Å². The summed E-state index contributed by atoms with van der Waals surface area (Å²) in [6.07, 6.45) is 6.24. The first-order valence-corrected chi connectivity index (χ1v) is 4.87. The Morgan fingerprint density at radius 2 is 2.62 bits per heavy atom. The lowest BCUT2D eigenvalue weighted by Crippen LogP contribution is -2.33. The number of aromatic nitrogens is 2. The fourth-order valence-corrected chi connectivity index (χ4v) is 1.69. The van der Waals surface area contributed by atoms with Crippen LogP contribution in [-0.4, -0.2) is 29.1 Å². The molecule has 0 spiro atoms. The molecular weight excluding hydrogens is 164 g/mol. The van der Waals surface area contributed by atoms with E-state index >= 15 is 0 Å². The van der Waals surface area contributed by atoms with Gasteiger partial charge in [0.1, 0.15) is 5.82 Å². The van der Waals surface area contributed by atoms with Gasteiger partial charge in [0.25, 0.3) is 0 Å². The van der Waals surface area contributed by atoms with Crippen molar-refractivity contribution in [2.75, 3.05) is 13.1 Å². The summed E-state index contributed by atoms with van der Waals surface area (Å²) in [6.45, 7) is 3.05. The Hall–Kier alpha value is -0.870. The lowest BCUT2D eigenvalue weighted by atomic mass is 10.2. The lowest BCUT2D eigenvalue weighted by Gasteiger charge is -2.09. The number of nitrogens with one attached hydrogen (secondary N) is 3. The van der Waals surface area contributed by atoms with E-state index in [0.717, 1.165) is 18.9 Å². The number of H-pyrrole nitrogens is 1. The average Bonchev–Trinajstić information content (AvgIpc) is 2.75. The molecule has 72 valence electrons. The van der Waals surface area contributed by atoms with Gasteiger partial charge >= 0.3 is 0 Å². The number of hydrogen-bond donors (Lipinski definition) is 3. The van der Waals surface area contributed by atoms with Crippen LogP contribution in [0.25, 0.3) is 0 Å². The molecule has 2 rings (SSSR count). The molecule has 0 radical (unpaired) electrons. The van der Waals surface area contributed by atoms with E-state index in [9.17, 15) is 0 Å². The molecule has 4 heteroatoms. The molecule has 13 heavy (non-hydrogen) atoms. The van der Waals surface area contributed by atoms with Gasteiger partial charge < -0.3 is 15.6 Å². The molecule has 0 amide bonds. The Balaban J connectivity index is 1.63. The van der Waals surface area contributed by atoms with Gasteiger partial charge in [0.05, 0.1) is 6.54 Å². The minimum absolute atomic E-state index is 0.662. The van der Waals surface area contributed by atoms with Crippen molar-refractivity contribution >= 4 is 0 Å². The Bertz CT molecular complexity index is 226. The van der Waals surface area contributed by atoms with Gasteiger partial charge in [0, 0.05) is 25.0 Å². The van der Waals surface area contributed by atoms with Gasteiger partial charge in [0.2, 0.25) is 0 Å². The van der Waals surface area contributed by atoms with Crippen LogP contribution in [0.4, 0.5) is 0 Å². The minimum Gasteiger partial charge on any atom is -0.348 e. The smallest absolute Gasteiger partial charge is 0.120 e. The van der Waals surface area contributed by atoms with Gasteiger partial charge in [-0.05, 0) is 19.4 Å². The van der Waals surface area contributed by atoms with Crippen molar-refractivity contribution in [1.29, 1.82) is 0 Å². The number of aromatic amines is 1. The highest BCUT2D eigenvalue weighted by molar-refractivity contribution is 4.86. The summed E-state index contributed by atoms with van der Waals surface area (Å²) in [5, 5.41) is 6.82. The lowest BCUT2D eigenvalue weighted by molar-refractivity contribution is 0.530. The summed E-state index contributed by atoms with van der Waals surface area (Å²) in [6, 6.07) is 0.662. The van der Waals surface area contributed by atoms with Crippen LogP contribution in [0, 0.1) is 0 Å². The second-order valence-electron chi connectivity index (χ2n) is 3.46. The van der Waals surface area contributed by atoms with E-state index in [1.807, 2.05) is 6.20 Å². The summed E-state index contributed by atoms with van der Waals surface area (Å²) >= 11 is 0. The molecule has 4 nitrogen and oxygen atoms in total. The molecule has 0 bridgehead atoms. The zero-order valence-electron chi connectivity index (χ0n) is 7.71.